The van der Waals surface area contributed by atoms with E-state index in [0.717, 1.165) is 5.56 Å². The molecule has 0 aliphatic carbocycles. The molecule has 4 N–H and O–H groups in total. The number of esters is 1. The van der Waals surface area contributed by atoms with E-state index in [1.807, 2.05) is 30.3 Å². The van der Waals surface area contributed by atoms with Crippen molar-refractivity contribution in [3.63, 3.8) is 0 Å². The average molecular weight is 411 g/mol. The van der Waals surface area contributed by atoms with E-state index in [1.165, 1.54) is 11.3 Å². The van der Waals surface area contributed by atoms with Crippen molar-refractivity contribution in [3.8, 4) is 27.4 Å². The zero-order valence-corrected chi connectivity index (χ0v) is 16.4. The van der Waals surface area contributed by atoms with Crippen LogP contribution in [0.5, 0.6) is 5.75 Å². The molecule has 0 saturated heterocycles. The molecular formula is C20H17N3O5S. The summed E-state index contributed by atoms with van der Waals surface area (Å²) in [4.78, 5) is 45.4. The molecule has 0 unspecified atom stereocenters. The van der Waals surface area contributed by atoms with Gasteiger partial charge in [-0.1, -0.05) is 30.3 Å². The highest BCUT2D eigenvalue weighted by Gasteiger charge is 2.28. The number of aromatic amines is 3. The molecule has 0 aliphatic heterocycles. The van der Waals surface area contributed by atoms with Crippen molar-refractivity contribution in [2.75, 3.05) is 6.61 Å². The maximum absolute atomic E-state index is 12.6. The molecule has 0 saturated carbocycles. The summed E-state index contributed by atoms with van der Waals surface area (Å²) in [7, 11) is 0. The number of hydrogen-bond acceptors (Lipinski definition) is 6. The second-order valence-corrected chi connectivity index (χ2v) is 7.56. The summed E-state index contributed by atoms with van der Waals surface area (Å²) in [6.45, 7) is 3.55. The number of ether oxygens (including phenoxy) is 1. The zero-order valence-electron chi connectivity index (χ0n) is 15.6. The van der Waals surface area contributed by atoms with Gasteiger partial charge in [0.2, 0.25) is 0 Å². The summed E-state index contributed by atoms with van der Waals surface area (Å²) >= 11 is 1.17. The first-order valence-corrected chi connectivity index (χ1v) is 9.67. The molecular weight excluding hydrogens is 394 g/mol. The van der Waals surface area contributed by atoms with Gasteiger partial charge in [-0.15, -0.1) is 11.3 Å². The van der Waals surface area contributed by atoms with Gasteiger partial charge in [-0.2, -0.15) is 0 Å². The van der Waals surface area contributed by atoms with Crippen molar-refractivity contribution in [3.05, 3.63) is 61.6 Å². The molecule has 0 atom stereocenters. The second kappa shape index (κ2) is 7.10. The molecule has 148 valence electrons. The number of aromatic nitrogens is 3. The van der Waals surface area contributed by atoms with Gasteiger partial charge in [0.1, 0.15) is 17.0 Å². The van der Waals surface area contributed by atoms with Gasteiger partial charge in [0, 0.05) is 10.4 Å². The smallest absolute Gasteiger partial charge is 0.343 e. The summed E-state index contributed by atoms with van der Waals surface area (Å²) in [5, 5.41) is 11.1. The molecule has 3 heterocycles. The number of H-pyrrole nitrogens is 3. The quantitative estimate of drug-likeness (QED) is 0.384. The van der Waals surface area contributed by atoms with Gasteiger partial charge < -0.3 is 14.8 Å². The lowest BCUT2D eigenvalue weighted by molar-refractivity contribution is 0.0523. The normalized spacial score (nSPS) is 11.1. The fourth-order valence-corrected chi connectivity index (χ4v) is 4.42. The van der Waals surface area contributed by atoms with Crippen molar-refractivity contribution < 1.29 is 14.6 Å². The lowest BCUT2D eigenvalue weighted by Crippen LogP contribution is -2.21. The molecule has 0 spiro atoms. The van der Waals surface area contributed by atoms with Crippen LogP contribution in [-0.4, -0.2) is 32.6 Å². The highest BCUT2D eigenvalue weighted by molar-refractivity contribution is 7.16. The van der Waals surface area contributed by atoms with Crippen LogP contribution >= 0.6 is 11.3 Å². The Labute approximate surface area is 167 Å². The minimum absolute atomic E-state index is 0.0704. The van der Waals surface area contributed by atoms with Gasteiger partial charge in [-0.3, -0.25) is 14.8 Å². The van der Waals surface area contributed by atoms with Gasteiger partial charge in [0.15, 0.2) is 0 Å². The Hall–Kier alpha value is -3.59. The number of fused-ring (bicyclic) bond motifs is 1. The van der Waals surface area contributed by atoms with E-state index in [4.69, 9.17) is 4.74 Å². The Bertz CT molecular complexity index is 1340. The predicted molar refractivity (Wildman–Crippen MR) is 111 cm³/mol. The molecule has 0 amide bonds. The second-order valence-electron chi connectivity index (χ2n) is 6.33. The topological polar surface area (TPSA) is 128 Å². The summed E-state index contributed by atoms with van der Waals surface area (Å²) in [6.07, 6.45) is 0. The molecule has 9 heteroatoms. The van der Waals surface area contributed by atoms with Crippen LogP contribution in [0.25, 0.3) is 32.7 Å². The standard InChI is InChI=1S/C20H17N3O5S/c1-3-28-19(26)11-9(2)29-16(15(11)24)12-13-17(22-20(27)23-18(13)25)21-14(12)10-7-5-4-6-8-10/h4-8,24H,3H2,1-2H3,(H3,21,22,23,25,27). The van der Waals surface area contributed by atoms with Crippen LogP contribution in [0, 0.1) is 6.92 Å². The number of hydrogen-bond donors (Lipinski definition) is 4. The van der Waals surface area contributed by atoms with Crippen molar-refractivity contribution in [1.29, 1.82) is 0 Å². The average Bonchev–Trinajstić information content (AvgIpc) is 3.19. The third kappa shape index (κ3) is 3.05. The van der Waals surface area contributed by atoms with Gasteiger partial charge in [0.25, 0.3) is 5.56 Å². The Morgan fingerprint density at radius 1 is 1.14 bits per heavy atom. The number of carbonyl (C=O) groups is 1. The SMILES string of the molecule is CCOC(=O)c1c(C)sc(-c2c(-c3ccccc3)[nH]c3[nH]c(=O)[nH]c(=O)c23)c1O. The molecule has 8 nitrogen and oxygen atoms in total. The predicted octanol–water partition coefficient (Wildman–Crippen LogP) is 3.13. The van der Waals surface area contributed by atoms with E-state index in [9.17, 15) is 19.5 Å². The molecule has 3 aromatic heterocycles. The van der Waals surface area contributed by atoms with E-state index in [0.29, 0.717) is 21.0 Å². The Balaban J connectivity index is 2.09. The van der Waals surface area contributed by atoms with E-state index in [1.54, 1.807) is 13.8 Å². The summed E-state index contributed by atoms with van der Waals surface area (Å²) in [6, 6.07) is 9.20. The lowest BCUT2D eigenvalue weighted by Gasteiger charge is -2.05. The molecule has 0 bridgehead atoms. The van der Waals surface area contributed by atoms with Gasteiger partial charge in [-0.05, 0) is 19.4 Å². The van der Waals surface area contributed by atoms with Crippen molar-refractivity contribution in [2.24, 2.45) is 0 Å². The minimum Gasteiger partial charge on any atom is -0.505 e. The maximum Gasteiger partial charge on any atom is 0.343 e. The molecule has 1 aromatic carbocycles. The van der Waals surface area contributed by atoms with Crippen LogP contribution in [0.2, 0.25) is 0 Å². The van der Waals surface area contributed by atoms with E-state index in [-0.39, 0.29) is 29.0 Å². The third-order valence-corrected chi connectivity index (χ3v) is 5.63. The number of aromatic hydroxyl groups is 1. The Morgan fingerprint density at radius 2 is 1.86 bits per heavy atom. The first-order valence-electron chi connectivity index (χ1n) is 8.85. The van der Waals surface area contributed by atoms with Crippen LogP contribution in [-0.2, 0) is 4.74 Å². The summed E-state index contributed by atoms with van der Waals surface area (Å²) in [5.41, 5.74) is 0.762. The summed E-state index contributed by atoms with van der Waals surface area (Å²) < 4.78 is 5.05. The van der Waals surface area contributed by atoms with Gasteiger partial charge in [-0.25, -0.2) is 9.59 Å². The minimum atomic E-state index is -0.645. The molecule has 4 rings (SSSR count). The number of carbonyl (C=O) groups excluding carboxylic acids is 1. The zero-order chi connectivity index (χ0) is 20.7. The van der Waals surface area contributed by atoms with E-state index >= 15 is 0 Å². The van der Waals surface area contributed by atoms with Crippen LogP contribution in [0.3, 0.4) is 0 Å². The number of benzene rings is 1. The number of rotatable bonds is 4. The van der Waals surface area contributed by atoms with Crippen LogP contribution in [0.1, 0.15) is 22.2 Å². The van der Waals surface area contributed by atoms with Crippen LogP contribution in [0.4, 0.5) is 0 Å². The fourth-order valence-electron chi connectivity index (χ4n) is 3.33. The number of aryl methyl sites for hydroxylation is 1. The fraction of sp³-hybridized carbons (Fsp3) is 0.150. The first kappa shape index (κ1) is 18.8. The number of nitrogens with one attached hydrogen (secondary N) is 3. The van der Waals surface area contributed by atoms with Gasteiger partial charge in [0.05, 0.1) is 22.6 Å². The molecule has 0 fully saturated rings. The highest BCUT2D eigenvalue weighted by Crippen LogP contribution is 2.47. The van der Waals surface area contributed by atoms with Crippen molar-refractivity contribution in [1.82, 2.24) is 15.0 Å². The molecule has 29 heavy (non-hydrogen) atoms. The number of thiophene rings is 1. The van der Waals surface area contributed by atoms with E-state index < -0.39 is 17.2 Å². The van der Waals surface area contributed by atoms with Gasteiger partial charge >= 0.3 is 11.7 Å². The third-order valence-electron chi connectivity index (χ3n) is 4.52. The summed E-state index contributed by atoms with van der Waals surface area (Å²) in [5.74, 6) is -0.886. The van der Waals surface area contributed by atoms with Crippen LogP contribution < -0.4 is 11.2 Å². The first-order chi connectivity index (χ1) is 13.9. The molecule has 4 aromatic rings. The van der Waals surface area contributed by atoms with E-state index in [2.05, 4.69) is 15.0 Å². The lowest BCUT2D eigenvalue weighted by atomic mass is 10.0. The maximum atomic E-state index is 12.6. The van der Waals surface area contributed by atoms with Crippen molar-refractivity contribution >= 4 is 28.3 Å². The largest absolute Gasteiger partial charge is 0.505 e. The van der Waals surface area contributed by atoms with Crippen molar-refractivity contribution in [2.45, 2.75) is 13.8 Å². The molecule has 0 radical (unpaired) electrons. The Morgan fingerprint density at radius 3 is 2.55 bits per heavy atom. The van der Waals surface area contributed by atoms with Crippen LogP contribution in [0.15, 0.2) is 39.9 Å². The highest BCUT2D eigenvalue weighted by atomic mass is 32.1. The molecule has 0 aliphatic rings. The monoisotopic (exact) mass is 411 g/mol. The Kier molecular flexibility index (Phi) is 4.59.